The largest absolute Gasteiger partial charge is 0.494 e. The van der Waals surface area contributed by atoms with Gasteiger partial charge in [0, 0.05) is 11.3 Å². The van der Waals surface area contributed by atoms with E-state index in [0.29, 0.717) is 17.0 Å². The van der Waals surface area contributed by atoms with Crippen LogP contribution in [0.3, 0.4) is 0 Å². The normalized spacial score (nSPS) is 22.3. The molecule has 0 bridgehead atoms. The Morgan fingerprint density at radius 3 is 2.65 bits per heavy atom. The third-order valence-electron chi connectivity index (χ3n) is 3.84. The Labute approximate surface area is 124 Å². The molecule has 0 radical (unpaired) electrons. The lowest BCUT2D eigenvalue weighted by molar-refractivity contribution is 0.0925. The number of nitrogens with one attached hydrogen (secondary N) is 1. The monoisotopic (exact) mass is 294 g/mol. The van der Waals surface area contributed by atoms with Gasteiger partial charge in [-0.1, -0.05) is 6.07 Å². The van der Waals surface area contributed by atoms with E-state index < -0.39 is 0 Å². The van der Waals surface area contributed by atoms with Crippen LogP contribution in [0.5, 0.6) is 5.75 Å². The molecule has 1 aliphatic rings. The maximum absolute atomic E-state index is 12.3. The van der Waals surface area contributed by atoms with E-state index in [9.17, 15) is 4.79 Å². The van der Waals surface area contributed by atoms with Crippen LogP contribution >= 0.6 is 11.8 Å². The highest BCUT2D eigenvalue weighted by Crippen LogP contribution is 2.29. The van der Waals surface area contributed by atoms with Gasteiger partial charge >= 0.3 is 0 Å². The topological polar surface area (TPSA) is 64.3 Å². The Kier molecular flexibility index (Phi) is 5.17. The number of hydrogen-bond donors (Lipinski definition) is 2. The molecule has 0 heterocycles. The molecule has 20 heavy (non-hydrogen) atoms. The molecule has 0 spiro atoms. The van der Waals surface area contributed by atoms with Crippen molar-refractivity contribution in [3.63, 3.8) is 0 Å². The second-order valence-electron chi connectivity index (χ2n) is 5.11. The van der Waals surface area contributed by atoms with E-state index in [1.165, 1.54) is 20.0 Å². The second kappa shape index (κ2) is 6.88. The highest BCUT2D eigenvalue weighted by atomic mass is 32.2. The molecule has 2 rings (SSSR count). The van der Waals surface area contributed by atoms with Crippen LogP contribution in [-0.2, 0) is 0 Å². The van der Waals surface area contributed by atoms with E-state index in [-0.39, 0.29) is 11.9 Å². The number of anilines is 1. The zero-order chi connectivity index (χ0) is 14.5. The minimum absolute atomic E-state index is 0.0956. The number of hydrogen-bond acceptors (Lipinski definition) is 4. The van der Waals surface area contributed by atoms with Gasteiger partial charge in [-0.15, -0.1) is 0 Å². The fraction of sp³-hybridized carbons (Fsp3) is 0.533. The molecule has 0 aromatic heterocycles. The Balaban J connectivity index is 2.01. The number of thioether (sulfide) groups is 1. The highest BCUT2D eigenvalue weighted by Gasteiger charge is 2.23. The molecule has 1 fully saturated rings. The average molecular weight is 294 g/mol. The van der Waals surface area contributed by atoms with Crippen LogP contribution in [0.25, 0.3) is 0 Å². The maximum atomic E-state index is 12.3. The summed E-state index contributed by atoms with van der Waals surface area (Å²) in [7, 11) is 1.53. The lowest BCUT2D eigenvalue weighted by Gasteiger charge is -2.28. The molecule has 1 aromatic carbocycles. The molecule has 5 heteroatoms. The number of carbonyl (C=O) groups is 1. The van der Waals surface area contributed by atoms with Gasteiger partial charge in [0.2, 0.25) is 0 Å². The number of para-hydroxylation sites is 1. The molecule has 1 aliphatic carbocycles. The van der Waals surface area contributed by atoms with E-state index in [1.807, 2.05) is 11.8 Å². The van der Waals surface area contributed by atoms with Gasteiger partial charge in [-0.3, -0.25) is 4.79 Å². The molecule has 3 N–H and O–H groups in total. The Morgan fingerprint density at radius 2 is 2.05 bits per heavy atom. The summed E-state index contributed by atoms with van der Waals surface area (Å²) in [6.45, 7) is 0. The van der Waals surface area contributed by atoms with E-state index in [1.54, 1.807) is 18.2 Å². The molecule has 1 saturated carbocycles. The molecule has 0 saturated heterocycles. The summed E-state index contributed by atoms with van der Waals surface area (Å²) in [4.78, 5) is 12.3. The van der Waals surface area contributed by atoms with E-state index >= 15 is 0 Å². The van der Waals surface area contributed by atoms with Crippen LogP contribution in [0.15, 0.2) is 18.2 Å². The Morgan fingerprint density at radius 1 is 1.35 bits per heavy atom. The summed E-state index contributed by atoms with van der Waals surface area (Å²) in [5.74, 6) is 0.365. The van der Waals surface area contributed by atoms with Gasteiger partial charge in [0.25, 0.3) is 5.91 Å². The van der Waals surface area contributed by atoms with Crippen molar-refractivity contribution < 1.29 is 9.53 Å². The molecule has 1 aromatic rings. The molecule has 4 nitrogen and oxygen atoms in total. The van der Waals surface area contributed by atoms with Gasteiger partial charge in [-0.25, -0.2) is 0 Å². The molecular weight excluding hydrogens is 272 g/mol. The summed E-state index contributed by atoms with van der Waals surface area (Å²) >= 11 is 1.92. The van der Waals surface area contributed by atoms with Crippen LogP contribution in [0.2, 0.25) is 0 Å². The summed E-state index contributed by atoms with van der Waals surface area (Å²) in [6, 6.07) is 5.52. The lowest BCUT2D eigenvalue weighted by Crippen LogP contribution is -2.38. The van der Waals surface area contributed by atoms with E-state index in [4.69, 9.17) is 10.5 Å². The van der Waals surface area contributed by atoms with Gasteiger partial charge in [0.15, 0.2) is 5.75 Å². The van der Waals surface area contributed by atoms with Gasteiger partial charge in [0.05, 0.1) is 18.4 Å². The summed E-state index contributed by atoms with van der Waals surface area (Å²) < 4.78 is 5.23. The quantitative estimate of drug-likeness (QED) is 0.838. The van der Waals surface area contributed by atoms with Gasteiger partial charge in [-0.05, 0) is 44.1 Å². The summed E-state index contributed by atoms with van der Waals surface area (Å²) in [5, 5.41) is 3.84. The molecule has 1 amide bonds. The molecular formula is C15H22N2O2S. The van der Waals surface area contributed by atoms with Gasteiger partial charge in [-0.2, -0.15) is 11.8 Å². The predicted molar refractivity (Wildman–Crippen MR) is 84.4 cm³/mol. The fourth-order valence-corrected chi connectivity index (χ4v) is 3.41. The van der Waals surface area contributed by atoms with Crippen molar-refractivity contribution in [2.75, 3.05) is 19.1 Å². The van der Waals surface area contributed by atoms with Crippen LogP contribution < -0.4 is 15.8 Å². The molecule has 110 valence electrons. The van der Waals surface area contributed by atoms with Crippen molar-refractivity contribution in [3.8, 4) is 5.75 Å². The minimum atomic E-state index is -0.0956. The fourth-order valence-electron chi connectivity index (χ4n) is 2.67. The van der Waals surface area contributed by atoms with Crippen molar-refractivity contribution >= 4 is 23.4 Å². The van der Waals surface area contributed by atoms with Crippen LogP contribution in [0, 0.1) is 0 Å². The smallest absolute Gasteiger partial charge is 0.255 e. The molecule has 0 aliphatic heterocycles. The maximum Gasteiger partial charge on any atom is 0.255 e. The average Bonchev–Trinajstić information content (AvgIpc) is 2.47. The van der Waals surface area contributed by atoms with Crippen LogP contribution in [0.4, 0.5) is 5.69 Å². The number of ether oxygens (including phenoxy) is 1. The summed E-state index contributed by atoms with van der Waals surface area (Å²) in [5.41, 5.74) is 6.84. The number of nitrogens with two attached hydrogens (primary N) is 1. The van der Waals surface area contributed by atoms with Crippen molar-refractivity contribution in [2.45, 2.75) is 37.0 Å². The van der Waals surface area contributed by atoms with Gasteiger partial charge in [0.1, 0.15) is 0 Å². The van der Waals surface area contributed by atoms with Crippen molar-refractivity contribution in [1.82, 2.24) is 5.32 Å². The van der Waals surface area contributed by atoms with Crippen molar-refractivity contribution in [2.24, 2.45) is 0 Å². The third kappa shape index (κ3) is 3.39. The Hall–Kier alpha value is -1.36. The number of rotatable bonds is 4. The number of methoxy groups -OCH3 is 1. The zero-order valence-corrected chi connectivity index (χ0v) is 12.8. The van der Waals surface area contributed by atoms with Gasteiger partial charge < -0.3 is 15.8 Å². The summed E-state index contributed by atoms with van der Waals surface area (Å²) in [6.07, 6.45) is 6.57. The number of amides is 1. The standard InChI is InChI=1S/C15H22N2O2S/c1-19-14-12(4-3-5-13(14)16)15(18)17-10-6-8-11(20-2)9-7-10/h3-5,10-11H,6-9,16H2,1-2H3,(H,17,18). The SMILES string of the molecule is COc1c(N)cccc1C(=O)NC1CCC(SC)CC1. The van der Waals surface area contributed by atoms with E-state index in [0.717, 1.165) is 18.1 Å². The minimum Gasteiger partial charge on any atom is -0.494 e. The number of carbonyl (C=O) groups excluding carboxylic acids is 1. The van der Waals surface area contributed by atoms with Crippen molar-refractivity contribution in [3.05, 3.63) is 23.8 Å². The first-order valence-electron chi connectivity index (χ1n) is 6.91. The zero-order valence-electron chi connectivity index (χ0n) is 12.0. The molecule has 0 atom stereocenters. The lowest BCUT2D eigenvalue weighted by atomic mass is 9.94. The predicted octanol–water partition coefficient (Wildman–Crippen LogP) is 2.68. The van der Waals surface area contributed by atoms with Crippen molar-refractivity contribution in [1.29, 1.82) is 0 Å². The second-order valence-corrected chi connectivity index (χ2v) is 6.25. The highest BCUT2D eigenvalue weighted by molar-refractivity contribution is 7.99. The number of benzene rings is 1. The van der Waals surface area contributed by atoms with Crippen LogP contribution in [-0.4, -0.2) is 30.6 Å². The first kappa shape index (κ1) is 15.0. The number of nitrogen functional groups attached to an aromatic ring is 1. The molecule has 0 unspecified atom stereocenters. The van der Waals surface area contributed by atoms with Crippen LogP contribution in [0.1, 0.15) is 36.0 Å². The first-order valence-corrected chi connectivity index (χ1v) is 8.20. The first-order chi connectivity index (χ1) is 9.65. The third-order valence-corrected chi connectivity index (χ3v) is 4.98. The Bertz CT molecular complexity index is 471. The van der Waals surface area contributed by atoms with E-state index in [2.05, 4.69) is 11.6 Å².